The Hall–Kier alpha value is -0.633. The standard InChI is InChI=1S/C17H31NSi/c1-16(2,3)14-11-13(9-10-19(7)8)12-15(18-14)17(4,5)6/h11-12,19H,9-10H2,1-8H3. The third kappa shape index (κ3) is 5.10. The van der Waals surface area contributed by atoms with E-state index in [-0.39, 0.29) is 10.8 Å². The van der Waals surface area contributed by atoms with E-state index in [1.54, 1.807) is 0 Å². The minimum absolute atomic E-state index is 0.130. The van der Waals surface area contributed by atoms with Crippen LogP contribution in [0.25, 0.3) is 0 Å². The first kappa shape index (κ1) is 16.4. The van der Waals surface area contributed by atoms with E-state index in [0.29, 0.717) is 0 Å². The predicted octanol–water partition coefficient (Wildman–Crippen LogP) is 4.71. The van der Waals surface area contributed by atoms with Crippen molar-refractivity contribution in [3.63, 3.8) is 0 Å². The van der Waals surface area contributed by atoms with Crippen molar-refractivity contribution in [3.05, 3.63) is 29.1 Å². The Bertz CT molecular complexity index is 390. The lowest BCUT2D eigenvalue weighted by molar-refractivity contribution is 0.529. The van der Waals surface area contributed by atoms with E-state index in [1.165, 1.54) is 29.4 Å². The van der Waals surface area contributed by atoms with Gasteiger partial charge in [-0.25, -0.2) is 0 Å². The summed E-state index contributed by atoms with van der Waals surface area (Å²) in [6.45, 7) is 18.4. The Morgan fingerprint density at radius 2 is 1.32 bits per heavy atom. The van der Waals surface area contributed by atoms with Crippen molar-refractivity contribution in [3.8, 4) is 0 Å². The Morgan fingerprint density at radius 3 is 1.63 bits per heavy atom. The molecule has 0 unspecified atom stereocenters. The van der Waals surface area contributed by atoms with Gasteiger partial charge in [-0.2, -0.15) is 0 Å². The maximum atomic E-state index is 4.91. The summed E-state index contributed by atoms with van der Waals surface area (Å²) in [4.78, 5) is 4.91. The van der Waals surface area contributed by atoms with Crippen molar-refractivity contribution in [2.24, 2.45) is 0 Å². The fourth-order valence-corrected chi connectivity index (χ4v) is 2.87. The normalized spacial score (nSPS) is 13.1. The van der Waals surface area contributed by atoms with Crippen molar-refractivity contribution in [2.45, 2.75) is 77.9 Å². The molecule has 1 heterocycles. The fourth-order valence-electron chi connectivity index (χ4n) is 1.96. The number of hydrogen-bond donors (Lipinski definition) is 0. The summed E-state index contributed by atoms with van der Waals surface area (Å²) in [5.41, 5.74) is 4.21. The second-order valence-electron chi connectivity index (χ2n) is 8.18. The molecule has 0 saturated carbocycles. The molecule has 0 saturated heterocycles. The zero-order chi connectivity index (χ0) is 14.8. The van der Waals surface area contributed by atoms with Crippen LogP contribution in [0.3, 0.4) is 0 Å². The molecule has 0 amide bonds. The van der Waals surface area contributed by atoms with Crippen LogP contribution >= 0.6 is 0 Å². The Labute approximate surface area is 121 Å². The van der Waals surface area contributed by atoms with Crippen LogP contribution in [0.15, 0.2) is 12.1 Å². The van der Waals surface area contributed by atoms with E-state index in [4.69, 9.17) is 4.98 Å². The second kappa shape index (κ2) is 5.78. The lowest BCUT2D eigenvalue weighted by Crippen LogP contribution is -2.20. The minimum Gasteiger partial charge on any atom is -0.257 e. The molecule has 0 atom stereocenters. The zero-order valence-electron chi connectivity index (χ0n) is 14.1. The molecule has 19 heavy (non-hydrogen) atoms. The summed E-state index contributed by atoms with van der Waals surface area (Å²) in [5, 5.41) is 0. The van der Waals surface area contributed by atoms with E-state index in [1.807, 2.05) is 0 Å². The maximum Gasteiger partial charge on any atom is 0.0463 e. The molecule has 0 aliphatic heterocycles. The van der Waals surface area contributed by atoms with Gasteiger partial charge in [0.05, 0.1) is 0 Å². The van der Waals surface area contributed by atoms with Gasteiger partial charge in [0.15, 0.2) is 0 Å². The highest BCUT2D eigenvalue weighted by Gasteiger charge is 2.22. The summed E-state index contributed by atoms with van der Waals surface area (Å²) in [6, 6.07) is 6.04. The summed E-state index contributed by atoms with van der Waals surface area (Å²) in [6.07, 6.45) is 1.22. The number of aromatic nitrogens is 1. The van der Waals surface area contributed by atoms with Gasteiger partial charge in [0.2, 0.25) is 0 Å². The topological polar surface area (TPSA) is 12.9 Å². The molecule has 108 valence electrons. The highest BCUT2D eigenvalue weighted by Crippen LogP contribution is 2.27. The molecule has 0 fully saturated rings. The summed E-state index contributed by atoms with van der Waals surface area (Å²) in [7, 11) is -0.476. The number of pyridine rings is 1. The summed E-state index contributed by atoms with van der Waals surface area (Å²) in [5.74, 6) is 0. The second-order valence-corrected chi connectivity index (χ2v) is 11.5. The van der Waals surface area contributed by atoms with Crippen molar-refractivity contribution < 1.29 is 0 Å². The van der Waals surface area contributed by atoms with Crippen LogP contribution in [-0.4, -0.2) is 13.8 Å². The minimum atomic E-state index is -0.476. The van der Waals surface area contributed by atoms with Gasteiger partial charge in [0.25, 0.3) is 0 Å². The van der Waals surface area contributed by atoms with Crippen LogP contribution in [0.4, 0.5) is 0 Å². The average Bonchev–Trinajstić information content (AvgIpc) is 2.23. The monoisotopic (exact) mass is 277 g/mol. The molecule has 2 heteroatoms. The molecular weight excluding hydrogens is 246 g/mol. The average molecular weight is 278 g/mol. The van der Waals surface area contributed by atoms with Gasteiger partial charge in [0, 0.05) is 31.0 Å². The van der Waals surface area contributed by atoms with Crippen LogP contribution < -0.4 is 0 Å². The number of nitrogens with zero attached hydrogens (tertiary/aromatic N) is 1. The van der Waals surface area contributed by atoms with Crippen molar-refractivity contribution in [1.82, 2.24) is 4.98 Å². The number of aryl methyl sites for hydroxylation is 1. The first-order valence-electron chi connectivity index (χ1n) is 7.52. The lowest BCUT2D eigenvalue weighted by Gasteiger charge is -2.25. The SMILES string of the molecule is C[SiH](C)CCc1cc(C(C)(C)C)nc(C(C)(C)C)c1. The van der Waals surface area contributed by atoms with Gasteiger partial charge < -0.3 is 0 Å². The van der Waals surface area contributed by atoms with Crippen LogP contribution in [0.1, 0.15) is 58.5 Å². The molecular formula is C17H31NSi. The smallest absolute Gasteiger partial charge is 0.0463 e. The first-order chi connectivity index (χ1) is 8.50. The Balaban J connectivity index is 3.17. The van der Waals surface area contributed by atoms with Crippen molar-refractivity contribution in [2.75, 3.05) is 0 Å². The third-order valence-electron chi connectivity index (χ3n) is 3.43. The van der Waals surface area contributed by atoms with E-state index in [0.717, 1.165) is 0 Å². The van der Waals surface area contributed by atoms with E-state index in [9.17, 15) is 0 Å². The third-order valence-corrected chi connectivity index (χ3v) is 4.88. The largest absolute Gasteiger partial charge is 0.257 e. The molecule has 1 rings (SSSR count). The zero-order valence-corrected chi connectivity index (χ0v) is 15.2. The molecule has 0 bridgehead atoms. The number of hydrogen-bond acceptors (Lipinski definition) is 1. The highest BCUT2D eigenvalue weighted by atomic mass is 28.3. The molecule has 0 aliphatic rings. The molecule has 0 aromatic carbocycles. The molecule has 1 aromatic rings. The van der Waals surface area contributed by atoms with E-state index < -0.39 is 8.80 Å². The molecule has 1 aromatic heterocycles. The first-order valence-corrected chi connectivity index (χ1v) is 10.6. The van der Waals surface area contributed by atoms with Gasteiger partial charge in [-0.05, 0) is 24.1 Å². The fraction of sp³-hybridized carbons (Fsp3) is 0.706. The number of rotatable bonds is 3. The summed E-state index contributed by atoms with van der Waals surface area (Å²) < 4.78 is 0. The molecule has 0 aliphatic carbocycles. The van der Waals surface area contributed by atoms with Crippen LogP contribution in [0.2, 0.25) is 19.1 Å². The quantitative estimate of drug-likeness (QED) is 0.729. The molecule has 0 radical (unpaired) electrons. The molecule has 1 nitrogen and oxygen atoms in total. The van der Waals surface area contributed by atoms with Crippen LogP contribution in [0, 0.1) is 0 Å². The molecule has 0 spiro atoms. The molecule has 0 N–H and O–H groups in total. The van der Waals surface area contributed by atoms with Gasteiger partial charge in [-0.3, -0.25) is 4.98 Å². The predicted molar refractivity (Wildman–Crippen MR) is 89.0 cm³/mol. The van der Waals surface area contributed by atoms with E-state index >= 15 is 0 Å². The van der Waals surface area contributed by atoms with Crippen molar-refractivity contribution in [1.29, 1.82) is 0 Å². The Morgan fingerprint density at radius 1 is 0.895 bits per heavy atom. The van der Waals surface area contributed by atoms with Crippen LogP contribution in [0.5, 0.6) is 0 Å². The van der Waals surface area contributed by atoms with Gasteiger partial charge in [-0.1, -0.05) is 60.7 Å². The maximum absolute atomic E-state index is 4.91. The van der Waals surface area contributed by atoms with Crippen LogP contribution in [-0.2, 0) is 17.3 Å². The van der Waals surface area contributed by atoms with Gasteiger partial charge >= 0.3 is 0 Å². The van der Waals surface area contributed by atoms with E-state index in [2.05, 4.69) is 66.8 Å². The van der Waals surface area contributed by atoms with Crippen molar-refractivity contribution >= 4 is 8.80 Å². The summed E-state index contributed by atoms with van der Waals surface area (Å²) >= 11 is 0. The highest BCUT2D eigenvalue weighted by molar-refractivity contribution is 6.55. The Kier molecular flexibility index (Phi) is 5.00. The lowest BCUT2D eigenvalue weighted by atomic mass is 9.86. The van der Waals surface area contributed by atoms with Gasteiger partial charge in [-0.15, -0.1) is 0 Å². The van der Waals surface area contributed by atoms with Gasteiger partial charge in [0.1, 0.15) is 0 Å².